The van der Waals surface area contributed by atoms with Gasteiger partial charge in [-0.25, -0.2) is 8.42 Å². The van der Waals surface area contributed by atoms with Crippen LogP contribution >= 0.6 is 30.3 Å². The average molecular weight is 574 g/mol. The molecule has 1 aromatic heterocycles. The molecule has 13 heteroatoms. The van der Waals surface area contributed by atoms with Gasteiger partial charge in [0.15, 0.2) is 0 Å². The van der Waals surface area contributed by atoms with Crippen LogP contribution in [0.1, 0.15) is 16.7 Å². The zero-order valence-corrected chi connectivity index (χ0v) is 22.8. The van der Waals surface area contributed by atoms with Gasteiger partial charge in [-0.2, -0.15) is 9.19 Å². The first-order chi connectivity index (χ1) is 16.8. The van der Waals surface area contributed by atoms with E-state index in [2.05, 4.69) is 10.4 Å². The fraction of sp³-hybridized carbons (Fsp3) is 0.304. The quantitative estimate of drug-likeness (QED) is 0.297. The number of aryl methyl sites for hydroxylation is 1. The molecular formula is C23H26Cl2N3O6PS. The molecule has 0 aliphatic heterocycles. The standard InChI is InChI=1S/C23H26Cl2N3O6PS/c1-35(32,18-5-3-4-17(29)11-18)7-6-15-8-20(24)19(21(25)9-15)13-26-22(23(30)31)10-16-12-27-28(14-16)36(2,33)34/h3-5,8-9,11-12,14,22,26,29H,6-7,10,13H2,1-2H3,(H,30,31). The molecule has 0 saturated heterocycles. The molecule has 2 atom stereocenters. The van der Waals surface area contributed by atoms with Crippen molar-refractivity contribution in [3.8, 4) is 5.75 Å². The van der Waals surface area contributed by atoms with E-state index in [-0.39, 0.29) is 18.7 Å². The summed E-state index contributed by atoms with van der Waals surface area (Å²) in [4.78, 5) is 11.8. The summed E-state index contributed by atoms with van der Waals surface area (Å²) in [5.74, 6) is -1.07. The van der Waals surface area contributed by atoms with Crippen LogP contribution in [0.4, 0.5) is 0 Å². The van der Waals surface area contributed by atoms with E-state index >= 15 is 0 Å². The van der Waals surface area contributed by atoms with Crippen molar-refractivity contribution in [1.82, 2.24) is 14.5 Å². The Balaban J connectivity index is 1.67. The van der Waals surface area contributed by atoms with Gasteiger partial charge in [0.25, 0.3) is 10.0 Å². The molecule has 0 bridgehead atoms. The Labute approximate surface area is 219 Å². The van der Waals surface area contributed by atoms with Crippen LogP contribution in [0.2, 0.25) is 10.0 Å². The van der Waals surface area contributed by atoms with Crippen molar-refractivity contribution in [2.24, 2.45) is 0 Å². The Morgan fingerprint density at radius 1 is 1.19 bits per heavy atom. The van der Waals surface area contributed by atoms with E-state index in [4.69, 9.17) is 23.2 Å². The molecule has 2 unspecified atom stereocenters. The van der Waals surface area contributed by atoms with Crippen LogP contribution in [0.25, 0.3) is 0 Å². The highest BCUT2D eigenvalue weighted by molar-refractivity contribution is 7.89. The fourth-order valence-corrected chi connectivity index (χ4v) is 6.52. The molecule has 0 aliphatic rings. The Hall–Kier alpha value is -2.36. The lowest BCUT2D eigenvalue weighted by Gasteiger charge is -2.17. The molecule has 0 radical (unpaired) electrons. The molecule has 0 saturated carbocycles. The normalized spacial score (nSPS) is 14.3. The summed E-state index contributed by atoms with van der Waals surface area (Å²) in [6.07, 6.45) is 4.36. The number of phenols is 1. The number of benzene rings is 2. The van der Waals surface area contributed by atoms with Crippen molar-refractivity contribution < 1.29 is 28.0 Å². The zero-order valence-electron chi connectivity index (χ0n) is 19.6. The first-order valence-electron chi connectivity index (χ1n) is 10.8. The maximum absolute atomic E-state index is 13.1. The van der Waals surface area contributed by atoms with Crippen LogP contribution in [-0.2, 0) is 38.8 Å². The molecule has 0 aliphatic carbocycles. The van der Waals surface area contributed by atoms with Gasteiger partial charge in [0, 0.05) is 46.2 Å². The summed E-state index contributed by atoms with van der Waals surface area (Å²) < 4.78 is 37.1. The van der Waals surface area contributed by atoms with Crippen molar-refractivity contribution in [3.05, 3.63) is 75.5 Å². The number of hydrogen-bond acceptors (Lipinski definition) is 7. The Bertz CT molecular complexity index is 1400. The number of rotatable bonds is 11. The number of nitrogens with zero attached hydrogens (tertiary/aromatic N) is 2. The van der Waals surface area contributed by atoms with Gasteiger partial charge >= 0.3 is 5.97 Å². The monoisotopic (exact) mass is 573 g/mol. The molecule has 36 heavy (non-hydrogen) atoms. The maximum atomic E-state index is 13.1. The minimum atomic E-state index is -3.57. The van der Waals surface area contributed by atoms with E-state index in [1.807, 2.05) is 0 Å². The average Bonchev–Trinajstić information content (AvgIpc) is 3.25. The lowest BCUT2D eigenvalue weighted by Crippen LogP contribution is -2.38. The molecule has 1 heterocycles. The summed E-state index contributed by atoms with van der Waals surface area (Å²) in [6.45, 7) is 1.72. The molecule has 3 N–H and O–H groups in total. The van der Waals surface area contributed by atoms with Crippen LogP contribution in [0.15, 0.2) is 48.8 Å². The van der Waals surface area contributed by atoms with Gasteiger partial charge in [0.2, 0.25) is 0 Å². The molecule has 0 spiro atoms. The van der Waals surface area contributed by atoms with Crippen molar-refractivity contribution >= 4 is 51.6 Å². The molecule has 2 aromatic carbocycles. The molecule has 194 valence electrons. The molecule has 0 fully saturated rings. The van der Waals surface area contributed by atoms with Crippen molar-refractivity contribution in [1.29, 1.82) is 0 Å². The van der Waals surface area contributed by atoms with Gasteiger partial charge in [0.05, 0.1) is 12.5 Å². The van der Waals surface area contributed by atoms with E-state index in [9.17, 15) is 28.0 Å². The highest BCUT2D eigenvalue weighted by atomic mass is 35.5. The number of aromatic nitrogens is 2. The van der Waals surface area contributed by atoms with E-state index in [1.165, 1.54) is 24.5 Å². The summed E-state index contributed by atoms with van der Waals surface area (Å²) >= 11 is 12.9. The Morgan fingerprint density at radius 2 is 1.86 bits per heavy atom. The third kappa shape index (κ3) is 7.33. The summed E-state index contributed by atoms with van der Waals surface area (Å²) in [5, 5.41) is 27.2. The van der Waals surface area contributed by atoms with E-state index < -0.39 is 29.2 Å². The lowest BCUT2D eigenvalue weighted by atomic mass is 10.1. The molecule has 9 nitrogen and oxygen atoms in total. The highest BCUT2D eigenvalue weighted by Gasteiger charge is 2.22. The number of hydrogen-bond donors (Lipinski definition) is 3. The molecule has 3 aromatic rings. The number of carboxylic acid groups (broad SMARTS) is 1. The van der Waals surface area contributed by atoms with E-state index in [0.29, 0.717) is 39.1 Å². The minimum absolute atomic E-state index is 0.000992. The van der Waals surface area contributed by atoms with Crippen LogP contribution in [0, 0.1) is 0 Å². The largest absolute Gasteiger partial charge is 0.508 e. The lowest BCUT2D eigenvalue weighted by molar-refractivity contribution is -0.139. The van der Waals surface area contributed by atoms with Gasteiger partial charge in [-0.3, -0.25) is 10.1 Å². The van der Waals surface area contributed by atoms with Crippen LogP contribution < -0.4 is 10.6 Å². The van der Waals surface area contributed by atoms with Gasteiger partial charge < -0.3 is 14.8 Å². The Kier molecular flexibility index (Phi) is 8.90. The fourth-order valence-electron chi connectivity index (χ4n) is 3.56. The second-order valence-corrected chi connectivity index (χ2v) is 14.4. The number of carboxylic acids is 1. The second-order valence-electron chi connectivity index (χ2n) is 8.59. The van der Waals surface area contributed by atoms with Gasteiger partial charge in [-0.1, -0.05) is 35.3 Å². The SMILES string of the molecule is CP(=O)(CCc1cc(Cl)c(CNC(Cc2cnn(S(C)(=O)=O)c2)C(=O)O)c(Cl)c1)c1cccc(O)c1. The summed E-state index contributed by atoms with van der Waals surface area (Å²) in [6, 6.07) is 8.77. The molecule has 0 amide bonds. The Morgan fingerprint density at radius 3 is 2.42 bits per heavy atom. The number of nitrogens with one attached hydrogen (secondary N) is 1. The first-order valence-corrected chi connectivity index (χ1v) is 15.7. The number of aliphatic carboxylic acids is 1. The third-order valence-corrected chi connectivity index (χ3v) is 9.62. The minimum Gasteiger partial charge on any atom is -0.508 e. The predicted molar refractivity (Wildman–Crippen MR) is 141 cm³/mol. The number of halogens is 2. The predicted octanol–water partition coefficient (Wildman–Crippen LogP) is 3.35. The molecular weight excluding hydrogens is 548 g/mol. The van der Waals surface area contributed by atoms with Crippen molar-refractivity contribution in [2.75, 3.05) is 19.1 Å². The van der Waals surface area contributed by atoms with E-state index in [1.54, 1.807) is 30.9 Å². The third-order valence-electron chi connectivity index (χ3n) is 5.62. The maximum Gasteiger partial charge on any atom is 0.321 e. The number of phenolic OH excluding ortho intramolecular Hbond substituents is 1. The topological polar surface area (TPSA) is 139 Å². The first kappa shape index (κ1) is 28.2. The van der Waals surface area contributed by atoms with Crippen LogP contribution in [0.3, 0.4) is 0 Å². The summed E-state index contributed by atoms with van der Waals surface area (Å²) in [7, 11) is -6.29. The van der Waals surface area contributed by atoms with Crippen molar-refractivity contribution in [2.45, 2.75) is 25.4 Å². The summed E-state index contributed by atoms with van der Waals surface area (Å²) in [5.41, 5.74) is 1.72. The van der Waals surface area contributed by atoms with Gasteiger partial charge in [-0.15, -0.1) is 0 Å². The number of carbonyl (C=O) groups is 1. The smallest absolute Gasteiger partial charge is 0.321 e. The van der Waals surface area contributed by atoms with Crippen LogP contribution in [-0.4, -0.2) is 58.9 Å². The zero-order chi connectivity index (χ0) is 26.7. The van der Waals surface area contributed by atoms with E-state index in [0.717, 1.165) is 15.9 Å². The number of aromatic hydroxyl groups is 1. The van der Waals surface area contributed by atoms with Crippen molar-refractivity contribution in [3.63, 3.8) is 0 Å². The van der Waals surface area contributed by atoms with Crippen LogP contribution in [0.5, 0.6) is 5.75 Å². The molecule has 3 rings (SSSR count). The highest BCUT2D eigenvalue weighted by Crippen LogP contribution is 2.41. The van der Waals surface area contributed by atoms with Gasteiger partial charge in [0.1, 0.15) is 18.9 Å². The van der Waals surface area contributed by atoms with Gasteiger partial charge in [-0.05, 0) is 48.5 Å². The second kappa shape index (κ2) is 11.4.